The molecule has 1 aliphatic rings. The molecule has 3 aromatic heterocycles. The summed E-state index contributed by atoms with van der Waals surface area (Å²) in [6.45, 7) is 0. The lowest BCUT2D eigenvalue weighted by Crippen LogP contribution is -2.42. The number of hydrogen-bond acceptors (Lipinski definition) is 5. The highest BCUT2D eigenvalue weighted by Crippen LogP contribution is 2.41. The Bertz CT molecular complexity index is 1490. The predicted octanol–water partition coefficient (Wildman–Crippen LogP) is 5.61. The van der Waals surface area contributed by atoms with Gasteiger partial charge >= 0.3 is 6.18 Å². The van der Waals surface area contributed by atoms with E-state index in [1.807, 2.05) is 0 Å². The molecule has 3 N–H and O–H groups in total. The van der Waals surface area contributed by atoms with E-state index in [1.165, 1.54) is 18.6 Å². The third-order valence-electron chi connectivity index (χ3n) is 6.41. The van der Waals surface area contributed by atoms with Crippen LogP contribution >= 0.6 is 0 Å². The van der Waals surface area contributed by atoms with E-state index in [0.29, 0.717) is 37.8 Å². The molecule has 1 aliphatic carbocycles. The van der Waals surface area contributed by atoms with Crippen LogP contribution in [0.2, 0.25) is 0 Å². The fraction of sp³-hybridized carbons (Fsp3) is 0.280. The number of H-pyrrole nitrogens is 1. The summed E-state index contributed by atoms with van der Waals surface area (Å²) >= 11 is 0. The van der Waals surface area contributed by atoms with Gasteiger partial charge in [-0.3, -0.25) is 4.79 Å². The van der Waals surface area contributed by atoms with Gasteiger partial charge in [-0.05, 0) is 43.9 Å². The summed E-state index contributed by atoms with van der Waals surface area (Å²) in [4.78, 5) is 26.5. The first-order valence-corrected chi connectivity index (χ1v) is 11.7. The molecule has 1 saturated carbocycles. The summed E-state index contributed by atoms with van der Waals surface area (Å²) in [6.07, 6.45) is 0.981. The Labute approximate surface area is 211 Å². The lowest BCUT2D eigenvalue weighted by molar-refractivity contribution is -0.137. The summed E-state index contributed by atoms with van der Waals surface area (Å²) in [7, 11) is 0. The van der Waals surface area contributed by atoms with Gasteiger partial charge in [0.15, 0.2) is 11.6 Å². The highest BCUT2D eigenvalue weighted by atomic mass is 19.4. The van der Waals surface area contributed by atoms with E-state index in [-0.39, 0.29) is 28.2 Å². The second kappa shape index (κ2) is 9.95. The smallest absolute Gasteiger partial charge is 0.365 e. The van der Waals surface area contributed by atoms with E-state index in [2.05, 4.69) is 30.6 Å². The molecule has 3 heterocycles. The third kappa shape index (κ3) is 5.13. The van der Waals surface area contributed by atoms with E-state index >= 15 is 0 Å². The number of carbonyl (C=O) groups is 1. The molecule has 0 aliphatic heterocycles. The van der Waals surface area contributed by atoms with Gasteiger partial charge in [0.05, 0.1) is 16.8 Å². The standard InChI is InChI=1S/C25H20F6N6O/c26-12-6-15-16(10-33-22(15)18(27)7-12)21-17(25(29,30)31)9-19(28)23(37-21)35-13-2-1-3-14(8-13)36-24(38)20-4-5-32-11-34-20/h4-7,9-11,13-14,33H,1-3,8H2,(H,35,37)(H,36,38)/t13-,14+/m1/s1. The maximum absolute atomic E-state index is 14.9. The van der Waals surface area contributed by atoms with E-state index in [9.17, 15) is 31.1 Å². The number of aromatic amines is 1. The highest BCUT2D eigenvalue weighted by Gasteiger charge is 2.37. The minimum Gasteiger partial charge on any atom is -0.365 e. The third-order valence-corrected chi connectivity index (χ3v) is 6.41. The molecule has 198 valence electrons. The molecule has 0 radical (unpaired) electrons. The van der Waals surface area contributed by atoms with Crippen molar-refractivity contribution in [2.45, 2.75) is 43.9 Å². The maximum atomic E-state index is 14.9. The minimum absolute atomic E-state index is 0.164. The zero-order chi connectivity index (χ0) is 27.0. The van der Waals surface area contributed by atoms with Crippen molar-refractivity contribution >= 4 is 22.6 Å². The van der Waals surface area contributed by atoms with Gasteiger partial charge in [-0.15, -0.1) is 0 Å². The van der Waals surface area contributed by atoms with Crippen molar-refractivity contribution in [2.24, 2.45) is 0 Å². The predicted molar refractivity (Wildman–Crippen MR) is 126 cm³/mol. The molecule has 1 amide bonds. The summed E-state index contributed by atoms with van der Waals surface area (Å²) in [6, 6.07) is 2.55. The molecule has 1 fully saturated rings. The number of amides is 1. The summed E-state index contributed by atoms with van der Waals surface area (Å²) in [5.41, 5.74) is -2.31. The molecule has 4 aromatic rings. The van der Waals surface area contributed by atoms with Crippen LogP contribution in [0.1, 0.15) is 41.7 Å². The number of carbonyl (C=O) groups excluding carboxylic acids is 1. The monoisotopic (exact) mass is 534 g/mol. The number of nitrogens with zero attached hydrogens (tertiary/aromatic N) is 3. The number of alkyl halides is 3. The number of fused-ring (bicyclic) bond motifs is 1. The molecule has 2 atom stereocenters. The molecule has 0 spiro atoms. The topological polar surface area (TPSA) is 95.6 Å². The first kappa shape index (κ1) is 25.5. The lowest BCUT2D eigenvalue weighted by atomic mass is 9.90. The van der Waals surface area contributed by atoms with Crippen LogP contribution in [-0.4, -0.2) is 37.9 Å². The van der Waals surface area contributed by atoms with E-state index in [4.69, 9.17) is 0 Å². The Morgan fingerprint density at radius 2 is 1.84 bits per heavy atom. The van der Waals surface area contributed by atoms with Crippen LogP contribution in [0.4, 0.5) is 32.2 Å². The van der Waals surface area contributed by atoms with Gasteiger partial charge in [0.1, 0.15) is 23.7 Å². The van der Waals surface area contributed by atoms with Crippen molar-refractivity contribution in [2.75, 3.05) is 5.32 Å². The quantitative estimate of drug-likeness (QED) is 0.290. The van der Waals surface area contributed by atoms with Crippen molar-refractivity contribution in [1.29, 1.82) is 0 Å². The lowest BCUT2D eigenvalue weighted by Gasteiger charge is -2.31. The van der Waals surface area contributed by atoms with Crippen LogP contribution in [0.5, 0.6) is 0 Å². The average Bonchev–Trinajstić information content (AvgIpc) is 3.29. The van der Waals surface area contributed by atoms with E-state index in [0.717, 1.165) is 12.3 Å². The number of aromatic nitrogens is 4. The number of rotatable bonds is 5. The zero-order valence-corrected chi connectivity index (χ0v) is 19.5. The van der Waals surface area contributed by atoms with Gasteiger partial charge in [-0.25, -0.2) is 28.1 Å². The van der Waals surface area contributed by atoms with Gasteiger partial charge in [0.25, 0.3) is 5.91 Å². The number of halogens is 6. The molecule has 0 unspecified atom stereocenters. The van der Waals surface area contributed by atoms with Gasteiger partial charge in [-0.1, -0.05) is 0 Å². The fourth-order valence-electron chi connectivity index (χ4n) is 4.69. The van der Waals surface area contributed by atoms with E-state index in [1.54, 1.807) is 0 Å². The van der Waals surface area contributed by atoms with Crippen LogP contribution < -0.4 is 10.6 Å². The van der Waals surface area contributed by atoms with Crippen molar-refractivity contribution in [3.8, 4) is 11.3 Å². The first-order chi connectivity index (χ1) is 18.1. The Morgan fingerprint density at radius 1 is 1.05 bits per heavy atom. The van der Waals surface area contributed by atoms with Crippen LogP contribution in [0, 0.1) is 17.5 Å². The second-order valence-corrected chi connectivity index (χ2v) is 9.00. The summed E-state index contributed by atoms with van der Waals surface area (Å²) in [5.74, 6) is -4.05. The van der Waals surface area contributed by atoms with Crippen LogP contribution in [-0.2, 0) is 6.18 Å². The average molecular weight is 534 g/mol. The zero-order valence-electron chi connectivity index (χ0n) is 19.5. The fourth-order valence-corrected chi connectivity index (χ4v) is 4.69. The molecule has 0 bridgehead atoms. The second-order valence-electron chi connectivity index (χ2n) is 9.00. The molecule has 0 saturated heterocycles. The Kier molecular flexibility index (Phi) is 6.67. The summed E-state index contributed by atoms with van der Waals surface area (Å²) in [5, 5.41) is 5.54. The maximum Gasteiger partial charge on any atom is 0.418 e. The first-order valence-electron chi connectivity index (χ1n) is 11.7. The SMILES string of the molecule is O=C(N[C@H]1CCC[C@@H](Nc2nc(-c3c[nH]c4c(F)cc(F)cc34)c(C(F)(F)F)cc2F)C1)c1ccncn1. The van der Waals surface area contributed by atoms with Crippen molar-refractivity contribution in [3.05, 3.63) is 71.7 Å². The van der Waals surface area contributed by atoms with Crippen molar-refractivity contribution in [3.63, 3.8) is 0 Å². The summed E-state index contributed by atoms with van der Waals surface area (Å²) < 4.78 is 84.5. The Morgan fingerprint density at radius 3 is 2.58 bits per heavy atom. The minimum atomic E-state index is -4.99. The highest BCUT2D eigenvalue weighted by molar-refractivity contribution is 5.96. The molecule has 7 nitrogen and oxygen atoms in total. The molecule has 38 heavy (non-hydrogen) atoms. The van der Waals surface area contributed by atoms with Crippen LogP contribution in [0.3, 0.4) is 0 Å². The normalized spacial score (nSPS) is 17.9. The number of anilines is 1. The van der Waals surface area contributed by atoms with Crippen molar-refractivity contribution < 1.29 is 31.1 Å². The number of nitrogens with one attached hydrogen (secondary N) is 3. The van der Waals surface area contributed by atoms with Gasteiger partial charge in [0.2, 0.25) is 0 Å². The van der Waals surface area contributed by atoms with Gasteiger partial charge in [0, 0.05) is 41.5 Å². The largest absolute Gasteiger partial charge is 0.418 e. The van der Waals surface area contributed by atoms with Crippen molar-refractivity contribution in [1.82, 2.24) is 25.3 Å². The van der Waals surface area contributed by atoms with Gasteiger partial charge < -0.3 is 15.6 Å². The van der Waals surface area contributed by atoms with Crippen LogP contribution in [0.15, 0.2) is 43.0 Å². The molecular formula is C25H20F6N6O. The number of benzene rings is 1. The van der Waals surface area contributed by atoms with Gasteiger partial charge in [-0.2, -0.15) is 13.2 Å². The molecule has 13 heteroatoms. The Hall–Kier alpha value is -4.16. The molecular weight excluding hydrogens is 514 g/mol. The molecule has 1 aromatic carbocycles. The van der Waals surface area contributed by atoms with E-state index < -0.39 is 52.7 Å². The number of pyridine rings is 1. The Balaban J connectivity index is 1.44. The number of hydrogen-bond donors (Lipinski definition) is 3. The van der Waals surface area contributed by atoms with Crippen LogP contribution in [0.25, 0.3) is 22.2 Å². The molecule has 5 rings (SSSR count).